The van der Waals surface area contributed by atoms with E-state index >= 15 is 0 Å². The van der Waals surface area contributed by atoms with Crippen LogP contribution in [0.1, 0.15) is 35.7 Å². The van der Waals surface area contributed by atoms with E-state index in [-0.39, 0.29) is 37.1 Å². The highest BCUT2D eigenvalue weighted by Gasteiger charge is 2.31. The highest BCUT2D eigenvalue weighted by atomic mass is 28.3. The van der Waals surface area contributed by atoms with Crippen LogP contribution < -0.4 is 10.5 Å². The van der Waals surface area contributed by atoms with Crippen molar-refractivity contribution >= 4 is 42.7 Å². The number of alkyl halides is 3. The van der Waals surface area contributed by atoms with Crippen molar-refractivity contribution in [1.29, 1.82) is 0 Å². The fraction of sp³-hybridized carbons (Fsp3) is 0.484. The molecule has 0 bridgehead atoms. The lowest BCUT2D eigenvalue weighted by molar-refractivity contribution is -0.141. The van der Waals surface area contributed by atoms with Gasteiger partial charge in [-0.25, -0.2) is 4.79 Å². The first kappa shape index (κ1) is 34.0. The van der Waals surface area contributed by atoms with Gasteiger partial charge in [0.1, 0.15) is 6.73 Å². The second-order valence-electron chi connectivity index (χ2n) is 12.3. The summed E-state index contributed by atoms with van der Waals surface area (Å²) in [6.45, 7) is 10.1. The average molecular weight is 648 g/mol. The van der Waals surface area contributed by atoms with E-state index in [4.69, 9.17) is 9.47 Å². The molecule has 3 aromatic rings. The maximum atomic E-state index is 13.4. The molecule has 4 rings (SSSR count). The number of rotatable bonds is 11. The Kier molecular flexibility index (Phi) is 10.6. The summed E-state index contributed by atoms with van der Waals surface area (Å²) in [7, 11) is 0.321. The monoisotopic (exact) mass is 647 g/mol. The van der Waals surface area contributed by atoms with Gasteiger partial charge in [0.25, 0.3) is 5.91 Å². The van der Waals surface area contributed by atoms with Gasteiger partial charge < -0.3 is 18.9 Å². The van der Waals surface area contributed by atoms with E-state index in [1.807, 2.05) is 18.2 Å². The molecule has 1 aliphatic heterocycles. The van der Waals surface area contributed by atoms with Gasteiger partial charge in [-0.2, -0.15) is 18.2 Å². The van der Waals surface area contributed by atoms with Gasteiger partial charge >= 0.3 is 18.2 Å². The van der Waals surface area contributed by atoms with Crippen LogP contribution in [0.25, 0.3) is 11.0 Å². The van der Waals surface area contributed by atoms with Crippen LogP contribution in [0, 0.1) is 0 Å². The Morgan fingerprint density at radius 3 is 2.44 bits per heavy atom. The number of aromatic nitrogens is 2. The topological polar surface area (TPSA) is 98.4 Å². The van der Waals surface area contributed by atoms with Gasteiger partial charge in [-0.05, 0) is 55.3 Å². The van der Waals surface area contributed by atoms with Crippen LogP contribution in [-0.4, -0.2) is 73.4 Å². The van der Waals surface area contributed by atoms with Crippen molar-refractivity contribution in [2.24, 2.45) is 4.99 Å². The quantitative estimate of drug-likeness (QED) is 0.150. The molecule has 3 amide bonds. The number of urea groups is 1. The van der Waals surface area contributed by atoms with Crippen LogP contribution in [0.5, 0.6) is 0 Å². The summed E-state index contributed by atoms with van der Waals surface area (Å²) in [6, 6.07) is 10.4. The Morgan fingerprint density at radius 2 is 1.76 bits per heavy atom. The van der Waals surface area contributed by atoms with Crippen molar-refractivity contribution in [3.8, 4) is 0 Å². The number of nitrogens with zero attached hydrogens (tertiary/aromatic N) is 5. The number of benzene rings is 2. The van der Waals surface area contributed by atoms with Crippen LogP contribution >= 0.6 is 0 Å². The minimum absolute atomic E-state index is 0.0178. The van der Waals surface area contributed by atoms with Gasteiger partial charge in [0, 0.05) is 59.5 Å². The number of hydrogen-bond acceptors (Lipinski definition) is 5. The number of fused-ring (bicyclic) bond motifs is 1. The predicted molar refractivity (Wildman–Crippen MR) is 167 cm³/mol. The summed E-state index contributed by atoms with van der Waals surface area (Å²) in [4.78, 5) is 45.5. The van der Waals surface area contributed by atoms with E-state index in [0.717, 1.165) is 24.6 Å². The maximum Gasteiger partial charge on any atom is 0.416 e. The van der Waals surface area contributed by atoms with Crippen LogP contribution in [0.2, 0.25) is 25.7 Å². The maximum absolute atomic E-state index is 13.4. The molecule has 1 saturated heterocycles. The Morgan fingerprint density at radius 1 is 1.00 bits per heavy atom. The number of carbonyl (C=O) groups is 3. The SMILES string of the molecule is CC(=O)OCCCn1/c(=N/C(=O)c2cccc(C(F)(F)F)c2)n(COCC[Si](C)(C)C)c2cc(N3CCCN(C)C3=O)ccc21. The Hall–Kier alpha value is -3.91. The lowest BCUT2D eigenvalue weighted by atomic mass is 10.1. The third-order valence-electron chi connectivity index (χ3n) is 7.45. The van der Waals surface area contributed by atoms with Crippen molar-refractivity contribution in [3.05, 3.63) is 59.2 Å². The number of halogens is 3. The Bertz CT molecular complexity index is 1630. The first-order valence-corrected chi connectivity index (χ1v) is 18.6. The lowest BCUT2D eigenvalue weighted by Gasteiger charge is -2.33. The number of hydrogen-bond donors (Lipinski definition) is 0. The molecular weight excluding hydrogens is 607 g/mol. The molecule has 2 heterocycles. The normalized spacial score (nSPS) is 14.8. The molecule has 1 aromatic heterocycles. The number of aryl methyl sites for hydroxylation is 1. The van der Waals surface area contributed by atoms with Gasteiger partial charge in [-0.3, -0.25) is 19.1 Å². The number of amides is 3. The molecule has 0 aliphatic carbocycles. The minimum Gasteiger partial charge on any atom is -0.466 e. The van der Waals surface area contributed by atoms with E-state index in [2.05, 4.69) is 24.6 Å². The molecule has 2 aromatic carbocycles. The summed E-state index contributed by atoms with van der Waals surface area (Å²) in [5.41, 5.74) is 0.961. The first-order chi connectivity index (χ1) is 21.2. The second kappa shape index (κ2) is 14.0. The molecule has 0 spiro atoms. The molecule has 0 saturated carbocycles. The summed E-state index contributed by atoms with van der Waals surface area (Å²) < 4.78 is 55.0. The summed E-state index contributed by atoms with van der Waals surface area (Å²) in [5, 5.41) is 0. The van der Waals surface area contributed by atoms with E-state index < -0.39 is 31.7 Å². The standard InChI is InChI=1S/C31H40F3N5O5Si/c1-22(40)44-16-8-15-38-26-12-11-25(37-14-7-13-36(2)30(37)42)20-27(26)39(21-43-17-18-45(3,4)5)29(38)35-28(41)23-9-6-10-24(19-23)31(32,33)34/h6,9-12,19-20H,7-8,13-18,21H2,1-5H3/b35-29-. The summed E-state index contributed by atoms with van der Waals surface area (Å²) in [5.74, 6) is -1.28. The van der Waals surface area contributed by atoms with Crippen molar-refractivity contribution < 1.29 is 37.0 Å². The molecule has 0 N–H and O–H groups in total. The van der Waals surface area contributed by atoms with E-state index in [1.54, 1.807) is 26.0 Å². The van der Waals surface area contributed by atoms with Crippen molar-refractivity contribution in [2.45, 2.75) is 64.9 Å². The van der Waals surface area contributed by atoms with Crippen LogP contribution in [0.3, 0.4) is 0 Å². The fourth-order valence-electron chi connectivity index (χ4n) is 5.01. The molecule has 0 unspecified atom stereocenters. The molecule has 10 nitrogen and oxygen atoms in total. The summed E-state index contributed by atoms with van der Waals surface area (Å²) in [6.07, 6.45) is -3.44. The van der Waals surface area contributed by atoms with Crippen LogP contribution in [-0.2, 0) is 33.7 Å². The smallest absolute Gasteiger partial charge is 0.416 e. The average Bonchev–Trinajstić information content (AvgIpc) is 3.25. The number of anilines is 1. The lowest BCUT2D eigenvalue weighted by Crippen LogP contribution is -2.47. The third kappa shape index (κ3) is 8.63. The van der Waals surface area contributed by atoms with Gasteiger partial charge in [0.15, 0.2) is 0 Å². The molecule has 0 radical (unpaired) electrons. The van der Waals surface area contributed by atoms with Crippen LogP contribution in [0.4, 0.5) is 23.7 Å². The molecule has 45 heavy (non-hydrogen) atoms. The number of imidazole rings is 1. The summed E-state index contributed by atoms with van der Waals surface area (Å²) >= 11 is 0. The van der Waals surface area contributed by atoms with Crippen molar-refractivity contribution in [1.82, 2.24) is 14.0 Å². The Labute approximate surface area is 261 Å². The van der Waals surface area contributed by atoms with Gasteiger partial charge in [-0.1, -0.05) is 25.7 Å². The highest BCUT2D eigenvalue weighted by Crippen LogP contribution is 2.30. The van der Waals surface area contributed by atoms with Crippen molar-refractivity contribution in [2.75, 3.05) is 38.3 Å². The van der Waals surface area contributed by atoms with Gasteiger partial charge in [0.2, 0.25) is 5.62 Å². The van der Waals surface area contributed by atoms with Gasteiger partial charge in [-0.15, -0.1) is 0 Å². The van der Waals surface area contributed by atoms with E-state index in [0.29, 0.717) is 42.8 Å². The number of carbonyl (C=O) groups excluding carboxylic acids is 3. The highest BCUT2D eigenvalue weighted by molar-refractivity contribution is 6.76. The van der Waals surface area contributed by atoms with E-state index in [1.165, 1.54) is 19.1 Å². The van der Waals surface area contributed by atoms with E-state index in [9.17, 15) is 27.6 Å². The molecule has 1 fully saturated rings. The first-order valence-electron chi connectivity index (χ1n) is 14.9. The Balaban J connectivity index is 1.86. The molecule has 1 aliphatic rings. The number of esters is 1. The molecule has 14 heteroatoms. The largest absolute Gasteiger partial charge is 0.466 e. The van der Waals surface area contributed by atoms with Crippen LogP contribution in [0.15, 0.2) is 47.5 Å². The molecular formula is C31H40F3N5O5Si. The predicted octanol–water partition coefficient (Wildman–Crippen LogP) is 5.73. The van der Waals surface area contributed by atoms with Crippen molar-refractivity contribution in [3.63, 3.8) is 0 Å². The zero-order valence-corrected chi connectivity index (χ0v) is 27.3. The number of ether oxygens (including phenoxy) is 2. The minimum atomic E-state index is -4.62. The van der Waals surface area contributed by atoms with Gasteiger partial charge in [0.05, 0.1) is 23.2 Å². The zero-order chi connectivity index (χ0) is 32.9. The zero-order valence-electron chi connectivity index (χ0n) is 26.3. The molecule has 0 atom stereocenters. The second-order valence-corrected chi connectivity index (χ2v) is 17.9. The third-order valence-corrected chi connectivity index (χ3v) is 9.16. The molecule has 244 valence electrons. The fourth-order valence-corrected chi connectivity index (χ4v) is 5.77.